The van der Waals surface area contributed by atoms with Gasteiger partial charge in [0.1, 0.15) is 0 Å². The molecule has 0 aromatic rings. The zero-order valence-corrected chi connectivity index (χ0v) is 11.2. The van der Waals surface area contributed by atoms with Gasteiger partial charge in [0, 0.05) is 24.7 Å². The summed E-state index contributed by atoms with van der Waals surface area (Å²) in [7, 11) is 0. The van der Waals surface area contributed by atoms with Crippen molar-refractivity contribution in [2.75, 3.05) is 13.1 Å². The van der Waals surface area contributed by atoms with Crippen molar-refractivity contribution in [3.05, 3.63) is 12.7 Å². The van der Waals surface area contributed by atoms with Crippen LogP contribution in [0.1, 0.15) is 46.5 Å². The summed E-state index contributed by atoms with van der Waals surface area (Å²) in [5, 5.41) is 3.65. The Morgan fingerprint density at radius 2 is 2.31 bits per heavy atom. The molecular weight excluding hydrogens is 196 g/mol. The van der Waals surface area contributed by atoms with Crippen molar-refractivity contribution in [3.63, 3.8) is 0 Å². The highest BCUT2D eigenvalue weighted by atomic mass is 15.2. The van der Waals surface area contributed by atoms with Crippen LogP contribution in [0.5, 0.6) is 0 Å². The van der Waals surface area contributed by atoms with Crippen molar-refractivity contribution in [2.45, 2.75) is 64.6 Å². The molecule has 0 radical (unpaired) electrons. The minimum absolute atomic E-state index is 0.652. The molecule has 0 aliphatic carbocycles. The van der Waals surface area contributed by atoms with Crippen molar-refractivity contribution < 1.29 is 0 Å². The first-order valence-electron chi connectivity index (χ1n) is 6.79. The Labute approximate surface area is 101 Å². The second-order valence-corrected chi connectivity index (χ2v) is 5.14. The van der Waals surface area contributed by atoms with Crippen molar-refractivity contribution in [1.82, 2.24) is 10.2 Å². The van der Waals surface area contributed by atoms with Crippen molar-refractivity contribution in [2.24, 2.45) is 0 Å². The lowest BCUT2D eigenvalue weighted by Gasteiger charge is -2.41. The zero-order valence-electron chi connectivity index (χ0n) is 11.2. The van der Waals surface area contributed by atoms with Crippen LogP contribution in [-0.2, 0) is 0 Å². The van der Waals surface area contributed by atoms with Crippen LogP contribution in [0.4, 0.5) is 0 Å². The van der Waals surface area contributed by atoms with Gasteiger partial charge in [-0.25, -0.2) is 0 Å². The zero-order chi connectivity index (χ0) is 12.0. The van der Waals surface area contributed by atoms with Gasteiger partial charge in [0.05, 0.1) is 0 Å². The Hall–Kier alpha value is -0.340. The van der Waals surface area contributed by atoms with Crippen LogP contribution in [0.2, 0.25) is 0 Å². The number of nitrogens with zero attached hydrogens (tertiary/aromatic N) is 1. The van der Waals surface area contributed by atoms with Crippen molar-refractivity contribution >= 4 is 0 Å². The molecule has 0 aromatic heterocycles. The highest BCUT2D eigenvalue weighted by Gasteiger charge is 2.27. The summed E-state index contributed by atoms with van der Waals surface area (Å²) in [5.74, 6) is 0. The van der Waals surface area contributed by atoms with E-state index in [1.165, 1.54) is 32.4 Å². The summed E-state index contributed by atoms with van der Waals surface area (Å²) in [6.45, 7) is 13.1. The Balaban J connectivity index is 2.36. The molecule has 1 fully saturated rings. The van der Waals surface area contributed by atoms with Gasteiger partial charge in [0.15, 0.2) is 0 Å². The lowest BCUT2D eigenvalue weighted by molar-refractivity contribution is 0.0968. The fourth-order valence-corrected chi connectivity index (χ4v) is 2.76. The third-order valence-corrected chi connectivity index (χ3v) is 3.68. The standard InChI is InChI=1S/C14H28N2/c1-5-7-12(3)16-10-8-14(11-13(16)4)15-9-6-2/h5,12-15H,1,6-11H2,2-4H3. The first kappa shape index (κ1) is 13.7. The first-order valence-corrected chi connectivity index (χ1v) is 6.79. The van der Waals surface area contributed by atoms with Crippen LogP contribution in [0.25, 0.3) is 0 Å². The van der Waals surface area contributed by atoms with Gasteiger partial charge >= 0.3 is 0 Å². The molecule has 2 heteroatoms. The molecule has 16 heavy (non-hydrogen) atoms. The molecule has 1 N–H and O–H groups in total. The molecule has 0 spiro atoms. The maximum absolute atomic E-state index is 3.84. The quantitative estimate of drug-likeness (QED) is 0.698. The van der Waals surface area contributed by atoms with E-state index in [1.807, 2.05) is 6.08 Å². The molecule has 0 aromatic carbocycles. The van der Waals surface area contributed by atoms with Gasteiger partial charge in [-0.05, 0) is 46.1 Å². The number of hydrogen-bond donors (Lipinski definition) is 1. The highest BCUT2D eigenvalue weighted by Crippen LogP contribution is 2.21. The average molecular weight is 224 g/mol. The molecule has 2 nitrogen and oxygen atoms in total. The van der Waals surface area contributed by atoms with E-state index in [0.717, 1.165) is 12.5 Å². The molecule has 3 atom stereocenters. The van der Waals surface area contributed by atoms with Gasteiger partial charge in [0.25, 0.3) is 0 Å². The topological polar surface area (TPSA) is 15.3 Å². The predicted octanol–water partition coefficient (Wildman–Crippen LogP) is 2.80. The first-order chi connectivity index (χ1) is 7.69. The number of piperidine rings is 1. The average Bonchev–Trinajstić information content (AvgIpc) is 2.26. The molecular formula is C14H28N2. The number of hydrogen-bond acceptors (Lipinski definition) is 2. The van der Waals surface area contributed by atoms with E-state index in [1.54, 1.807) is 0 Å². The van der Waals surface area contributed by atoms with Crippen molar-refractivity contribution in [1.29, 1.82) is 0 Å². The lowest BCUT2D eigenvalue weighted by atomic mass is 9.96. The third-order valence-electron chi connectivity index (χ3n) is 3.68. The van der Waals surface area contributed by atoms with E-state index in [9.17, 15) is 0 Å². The van der Waals surface area contributed by atoms with E-state index < -0.39 is 0 Å². The largest absolute Gasteiger partial charge is 0.314 e. The monoisotopic (exact) mass is 224 g/mol. The fraction of sp³-hybridized carbons (Fsp3) is 0.857. The van der Waals surface area contributed by atoms with E-state index >= 15 is 0 Å². The molecule has 94 valence electrons. The second kappa shape index (κ2) is 7.08. The summed E-state index contributed by atoms with van der Waals surface area (Å²) in [6.07, 6.45) is 6.98. The van der Waals surface area contributed by atoms with Gasteiger partial charge in [-0.2, -0.15) is 0 Å². The van der Waals surface area contributed by atoms with Crippen LogP contribution < -0.4 is 5.32 Å². The van der Waals surface area contributed by atoms with E-state index in [2.05, 4.69) is 37.6 Å². The van der Waals surface area contributed by atoms with E-state index in [-0.39, 0.29) is 0 Å². The van der Waals surface area contributed by atoms with Gasteiger partial charge in [0.2, 0.25) is 0 Å². The fourth-order valence-electron chi connectivity index (χ4n) is 2.76. The van der Waals surface area contributed by atoms with Crippen LogP contribution in [0.15, 0.2) is 12.7 Å². The summed E-state index contributed by atoms with van der Waals surface area (Å²) in [4.78, 5) is 2.63. The van der Waals surface area contributed by atoms with Crippen LogP contribution in [0.3, 0.4) is 0 Å². The molecule has 1 aliphatic rings. The Bertz CT molecular complexity index is 203. The molecule has 1 saturated heterocycles. The number of likely N-dealkylation sites (tertiary alicyclic amines) is 1. The maximum Gasteiger partial charge on any atom is 0.0104 e. The smallest absolute Gasteiger partial charge is 0.0104 e. The molecule has 3 unspecified atom stereocenters. The molecule has 0 bridgehead atoms. The number of rotatable bonds is 6. The minimum atomic E-state index is 0.652. The normalized spacial score (nSPS) is 28.9. The van der Waals surface area contributed by atoms with E-state index in [4.69, 9.17) is 0 Å². The van der Waals surface area contributed by atoms with Crippen LogP contribution in [0, 0.1) is 0 Å². The Morgan fingerprint density at radius 1 is 1.56 bits per heavy atom. The van der Waals surface area contributed by atoms with Gasteiger partial charge < -0.3 is 5.32 Å². The molecule has 1 heterocycles. The Morgan fingerprint density at radius 3 is 2.88 bits per heavy atom. The molecule has 1 rings (SSSR count). The molecule has 0 amide bonds. The van der Waals surface area contributed by atoms with Crippen LogP contribution >= 0.6 is 0 Å². The summed E-state index contributed by atoms with van der Waals surface area (Å²) >= 11 is 0. The third kappa shape index (κ3) is 3.91. The van der Waals surface area contributed by atoms with Crippen molar-refractivity contribution in [3.8, 4) is 0 Å². The summed E-state index contributed by atoms with van der Waals surface area (Å²) in [5.41, 5.74) is 0. The maximum atomic E-state index is 3.84. The molecule has 0 saturated carbocycles. The highest BCUT2D eigenvalue weighted by molar-refractivity contribution is 4.87. The Kier molecular flexibility index (Phi) is 6.07. The second-order valence-electron chi connectivity index (χ2n) is 5.14. The van der Waals surface area contributed by atoms with Gasteiger partial charge in [-0.15, -0.1) is 6.58 Å². The summed E-state index contributed by atoms with van der Waals surface area (Å²) in [6, 6.07) is 2.10. The SMILES string of the molecule is C=CCC(C)N1CCC(NCCC)CC1C. The predicted molar refractivity (Wildman–Crippen MR) is 71.8 cm³/mol. The van der Waals surface area contributed by atoms with Crippen LogP contribution in [-0.4, -0.2) is 36.1 Å². The number of nitrogens with one attached hydrogen (secondary N) is 1. The van der Waals surface area contributed by atoms with Gasteiger partial charge in [-0.1, -0.05) is 13.0 Å². The van der Waals surface area contributed by atoms with Gasteiger partial charge in [-0.3, -0.25) is 4.90 Å². The summed E-state index contributed by atoms with van der Waals surface area (Å²) < 4.78 is 0. The molecule has 1 aliphatic heterocycles. The minimum Gasteiger partial charge on any atom is -0.314 e. The lowest BCUT2D eigenvalue weighted by Crippen LogP contribution is -2.50. The van der Waals surface area contributed by atoms with E-state index in [0.29, 0.717) is 12.1 Å².